The van der Waals surface area contributed by atoms with Crippen LogP contribution in [0.3, 0.4) is 0 Å². The molecule has 1 unspecified atom stereocenters. The lowest BCUT2D eigenvalue weighted by Crippen LogP contribution is -2.42. The highest BCUT2D eigenvalue weighted by atomic mass is 16.5. The van der Waals surface area contributed by atoms with Crippen molar-refractivity contribution in [2.24, 2.45) is 0 Å². The molecular weight excluding hydrogens is 304 g/mol. The van der Waals surface area contributed by atoms with Crippen LogP contribution in [0.5, 0.6) is 0 Å². The smallest absolute Gasteiger partial charge is 0.254 e. The van der Waals surface area contributed by atoms with E-state index in [9.17, 15) is 4.79 Å². The van der Waals surface area contributed by atoms with Crippen LogP contribution in [0.4, 0.5) is 0 Å². The predicted molar refractivity (Wildman–Crippen MR) is 90.7 cm³/mol. The number of rotatable bonds is 4. The molecule has 0 N–H and O–H groups in total. The number of methoxy groups -OCH3 is 1. The van der Waals surface area contributed by atoms with E-state index in [1.165, 1.54) is 0 Å². The van der Waals surface area contributed by atoms with Gasteiger partial charge >= 0.3 is 0 Å². The number of nitrogens with zero attached hydrogens (tertiary/aromatic N) is 4. The Bertz CT molecular complexity index is 738. The Labute approximate surface area is 142 Å². The maximum atomic E-state index is 13.1. The monoisotopic (exact) mass is 328 g/mol. The summed E-state index contributed by atoms with van der Waals surface area (Å²) >= 11 is 0. The zero-order valence-corrected chi connectivity index (χ0v) is 14.7. The first-order chi connectivity index (χ1) is 11.5. The molecule has 1 atom stereocenters. The van der Waals surface area contributed by atoms with Gasteiger partial charge in [0.15, 0.2) is 5.82 Å². The van der Waals surface area contributed by atoms with E-state index in [4.69, 9.17) is 4.74 Å². The molecule has 1 aliphatic heterocycles. The lowest BCUT2D eigenvalue weighted by atomic mass is 10.0. The van der Waals surface area contributed by atoms with Crippen LogP contribution in [0.15, 0.2) is 24.3 Å². The number of aromatic nitrogens is 3. The van der Waals surface area contributed by atoms with E-state index in [1.54, 1.807) is 7.11 Å². The maximum absolute atomic E-state index is 13.1. The molecule has 1 aromatic carbocycles. The Balaban J connectivity index is 1.90. The number of carbonyl (C=O) groups is 1. The lowest BCUT2D eigenvalue weighted by molar-refractivity contribution is 0.0631. The molecule has 0 saturated heterocycles. The van der Waals surface area contributed by atoms with Crippen LogP contribution in [0, 0.1) is 0 Å². The van der Waals surface area contributed by atoms with Crippen molar-refractivity contribution in [1.29, 1.82) is 0 Å². The van der Waals surface area contributed by atoms with Gasteiger partial charge in [-0.3, -0.25) is 4.79 Å². The lowest BCUT2D eigenvalue weighted by Gasteiger charge is -2.34. The topological polar surface area (TPSA) is 60.2 Å². The molecule has 0 saturated carbocycles. The zero-order valence-electron chi connectivity index (χ0n) is 14.7. The molecule has 0 aliphatic carbocycles. The molecule has 0 radical (unpaired) electrons. The van der Waals surface area contributed by atoms with Crippen LogP contribution < -0.4 is 0 Å². The predicted octanol–water partition coefficient (Wildman–Crippen LogP) is 2.76. The molecule has 6 heteroatoms. The van der Waals surface area contributed by atoms with Crippen molar-refractivity contribution in [3.05, 3.63) is 47.0 Å². The molecular formula is C18H24N4O2. The number of hydrogen-bond acceptors (Lipinski definition) is 4. The molecule has 24 heavy (non-hydrogen) atoms. The average molecular weight is 328 g/mol. The van der Waals surface area contributed by atoms with Gasteiger partial charge in [-0.25, -0.2) is 0 Å². The van der Waals surface area contributed by atoms with Gasteiger partial charge in [0.2, 0.25) is 0 Å². The Kier molecular flexibility index (Phi) is 4.66. The van der Waals surface area contributed by atoms with E-state index in [1.807, 2.05) is 36.1 Å². The summed E-state index contributed by atoms with van der Waals surface area (Å²) < 4.78 is 7.37. The normalized spacial score (nSPS) is 17.2. The van der Waals surface area contributed by atoms with Crippen LogP contribution in [0.25, 0.3) is 0 Å². The van der Waals surface area contributed by atoms with E-state index in [0.717, 1.165) is 23.8 Å². The summed E-state index contributed by atoms with van der Waals surface area (Å²) in [6, 6.07) is 7.52. The summed E-state index contributed by atoms with van der Waals surface area (Å²) in [4.78, 5) is 14.9. The van der Waals surface area contributed by atoms with E-state index < -0.39 is 0 Å². The van der Waals surface area contributed by atoms with Gasteiger partial charge in [-0.1, -0.05) is 32.0 Å². The minimum absolute atomic E-state index is 0.0236. The van der Waals surface area contributed by atoms with Crippen LogP contribution >= 0.6 is 0 Å². The molecule has 0 bridgehead atoms. The van der Waals surface area contributed by atoms with Gasteiger partial charge in [0.05, 0.1) is 12.6 Å². The molecule has 1 aliphatic rings. The molecule has 3 rings (SSSR count). The van der Waals surface area contributed by atoms with E-state index in [2.05, 4.69) is 28.6 Å². The number of ether oxygens (including phenoxy) is 1. The highest BCUT2D eigenvalue weighted by molar-refractivity contribution is 5.96. The number of hydrogen-bond donors (Lipinski definition) is 0. The van der Waals surface area contributed by atoms with E-state index in [0.29, 0.717) is 24.6 Å². The molecule has 1 aromatic heterocycles. The van der Waals surface area contributed by atoms with Crippen LogP contribution in [-0.2, 0) is 17.9 Å². The molecule has 0 fully saturated rings. The molecule has 0 spiro atoms. The largest absolute Gasteiger partial charge is 0.380 e. The Morgan fingerprint density at radius 2 is 2.04 bits per heavy atom. The van der Waals surface area contributed by atoms with Gasteiger partial charge in [-0.2, -0.15) is 0 Å². The fraction of sp³-hybridized carbons (Fsp3) is 0.500. The molecule has 1 amide bonds. The minimum Gasteiger partial charge on any atom is -0.380 e. The fourth-order valence-electron chi connectivity index (χ4n) is 3.28. The third-order valence-corrected chi connectivity index (χ3v) is 4.54. The van der Waals surface area contributed by atoms with Gasteiger partial charge in [0, 0.05) is 31.7 Å². The Morgan fingerprint density at radius 1 is 1.29 bits per heavy atom. The highest BCUT2D eigenvalue weighted by Gasteiger charge is 2.32. The maximum Gasteiger partial charge on any atom is 0.254 e. The van der Waals surface area contributed by atoms with Crippen molar-refractivity contribution in [2.75, 3.05) is 13.7 Å². The second kappa shape index (κ2) is 6.73. The molecule has 128 valence electrons. The first-order valence-corrected chi connectivity index (χ1v) is 8.35. The minimum atomic E-state index is -0.0955. The van der Waals surface area contributed by atoms with Crippen molar-refractivity contribution >= 4 is 5.91 Å². The van der Waals surface area contributed by atoms with Crippen LogP contribution in [0.1, 0.15) is 60.3 Å². The molecule has 2 heterocycles. The van der Waals surface area contributed by atoms with Gasteiger partial charge in [-0.05, 0) is 18.6 Å². The summed E-state index contributed by atoms with van der Waals surface area (Å²) in [7, 11) is 1.64. The van der Waals surface area contributed by atoms with Crippen LogP contribution in [0.2, 0.25) is 0 Å². The SMILES string of the molecule is COCc1ccccc1C(=O)N1CCn2c(C(C)C)nnc2C1C. The van der Waals surface area contributed by atoms with Gasteiger partial charge in [-0.15, -0.1) is 10.2 Å². The highest BCUT2D eigenvalue weighted by Crippen LogP contribution is 2.28. The number of carbonyl (C=O) groups excluding carboxylic acids is 1. The van der Waals surface area contributed by atoms with Crippen molar-refractivity contribution < 1.29 is 9.53 Å². The average Bonchev–Trinajstić information content (AvgIpc) is 3.01. The number of benzene rings is 1. The second-order valence-electron chi connectivity index (χ2n) is 6.49. The third-order valence-electron chi connectivity index (χ3n) is 4.54. The van der Waals surface area contributed by atoms with E-state index >= 15 is 0 Å². The van der Waals surface area contributed by atoms with Crippen molar-refractivity contribution in [3.8, 4) is 0 Å². The van der Waals surface area contributed by atoms with Crippen molar-refractivity contribution in [3.63, 3.8) is 0 Å². The van der Waals surface area contributed by atoms with Gasteiger partial charge in [0.25, 0.3) is 5.91 Å². The molecule has 6 nitrogen and oxygen atoms in total. The number of fused-ring (bicyclic) bond motifs is 1. The summed E-state index contributed by atoms with van der Waals surface area (Å²) in [6.45, 7) is 8.06. The molecule has 2 aromatic rings. The van der Waals surface area contributed by atoms with E-state index in [-0.39, 0.29) is 11.9 Å². The van der Waals surface area contributed by atoms with Gasteiger partial charge in [0.1, 0.15) is 5.82 Å². The second-order valence-corrected chi connectivity index (χ2v) is 6.49. The van der Waals surface area contributed by atoms with Crippen molar-refractivity contribution in [2.45, 2.75) is 45.9 Å². The summed E-state index contributed by atoms with van der Waals surface area (Å²) in [5.74, 6) is 2.20. The van der Waals surface area contributed by atoms with Gasteiger partial charge < -0.3 is 14.2 Å². The van der Waals surface area contributed by atoms with Crippen molar-refractivity contribution in [1.82, 2.24) is 19.7 Å². The first-order valence-electron chi connectivity index (χ1n) is 8.35. The first kappa shape index (κ1) is 16.6. The Morgan fingerprint density at radius 3 is 2.75 bits per heavy atom. The summed E-state index contributed by atoms with van der Waals surface area (Å²) in [5.41, 5.74) is 1.61. The summed E-state index contributed by atoms with van der Waals surface area (Å²) in [6.07, 6.45) is 0. The third kappa shape index (κ3) is 2.82. The fourth-order valence-corrected chi connectivity index (χ4v) is 3.28. The Hall–Kier alpha value is -2.21. The number of amides is 1. The standard InChI is InChI=1S/C18H24N4O2/c1-12(2)16-19-20-17-13(3)21(9-10-22(16)17)18(23)15-8-6-5-7-14(15)11-24-4/h5-8,12-13H,9-11H2,1-4H3. The summed E-state index contributed by atoms with van der Waals surface area (Å²) in [5, 5.41) is 8.65. The van der Waals surface area contributed by atoms with Crippen LogP contribution in [-0.4, -0.2) is 39.2 Å². The zero-order chi connectivity index (χ0) is 17.3. The quantitative estimate of drug-likeness (QED) is 0.866.